The van der Waals surface area contributed by atoms with Gasteiger partial charge in [0.1, 0.15) is 0 Å². The number of thiocarbonyl (C=S) groups is 1. The second kappa shape index (κ2) is 31.7. The van der Waals surface area contributed by atoms with E-state index in [0.29, 0.717) is 41.0 Å². The van der Waals surface area contributed by atoms with Crippen LogP contribution in [0.1, 0.15) is 38.2 Å². The number of rotatable bonds is 36. The smallest absolute Gasteiger partial charge is 0.303 e. The number of benzene rings is 1. The minimum Gasteiger partial charge on any atom is -0.549 e. The topological polar surface area (TPSA) is 359 Å². The SMILES string of the molecule is CNC(CCC(=O)O)C(=O)NC(CCC(=O)NCCSSCCNC(=S)Nc1ccc(CC(CN(CCN(CC(=O)[O-])CC(=O)[O-])CC(=O)[O-])N(CC(=O)[O-])CC(=O)[O-])cc1)C(C)=O. The van der Waals surface area contributed by atoms with Crippen LogP contribution in [0.3, 0.4) is 0 Å². The Labute approximate surface area is 382 Å². The Hall–Kier alpha value is -5.12. The lowest BCUT2D eigenvalue weighted by atomic mass is 10.0. The Morgan fingerprint density at radius 2 is 1.20 bits per heavy atom. The molecule has 0 aliphatic rings. The molecule has 0 aromatic heterocycles. The molecule has 0 heterocycles. The molecule has 0 saturated carbocycles. The van der Waals surface area contributed by atoms with Crippen LogP contribution < -0.4 is 52.1 Å². The van der Waals surface area contributed by atoms with Gasteiger partial charge in [-0.1, -0.05) is 33.7 Å². The monoisotopic (exact) mass is 957 g/mol. The summed E-state index contributed by atoms with van der Waals surface area (Å²) in [6, 6.07) is 3.92. The molecule has 2 amide bonds. The lowest BCUT2D eigenvalue weighted by Crippen LogP contribution is -2.55. The summed E-state index contributed by atoms with van der Waals surface area (Å²) in [5.41, 5.74) is 1.13. The Morgan fingerprint density at radius 3 is 1.70 bits per heavy atom. The number of ketones is 1. The number of nitrogens with zero attached hydrogens (tertiary/aromatic N) is 3. The van der Waals surface area contributed by atoms with Crippen molar-refractivity contribution < 1.29 is 73.8 Å². The van der Waals surface area contributed by atoms with Crippen LogP contribution in [-0.2, 0) is 49.6 Å². The van der Waals surface area contributed by atoms with E-state index in [9.17, 15) is 68.7 Å². The van der Waals surface area contributed by atoms with E-state index < -0.39 is 92.6 Å². The number of amides is 2. The minimum atomic E-state index is -1.62. The molecule has 358 valence electrons. The van der Waals surface area contributed by atoms with Crippen molar-refractivity contribution in [3.05, 3.63) is 29.8 Å². The fourth-order valence-electron chi connectivity index (χ4n) is 5.95. The molecule has 6 N–H and O–H groups in total. The molecule has 0 bridgehead atoms. The van der Waals surface area contributed by atoms with E-state index >= 15 is 0 Å². The van der Waals surface area contributed by atoms with Crippen molar-refractivity contribution in [1.82, 2.24) is 36.0 Å². The number of carboxylic acid groups (broad SMARTS) is 6. The van der Waals surface area contributed by atoms with Gasteiger partial charge in [0, 0.05) is 102 Å². The molecular weight excluding hydrogens is 905 g/mol. The van der Waals surface area contributed by atoms with Gasteiger partial charge in [-0.25, -0.2) is 0 Å². The van der Waals surface area contributed by atoms with Crippen LogP contribution >= 0.6 is 33.8 Å². The van der Waals surface area contributed by atoms with Gasteiger partial charge in [0.25, 0.3) is 0 Å². The lowest BCUT2D eigenvalue weighted by molar-refractivity contribution is -0.313. The molecule has 1 aromatic rings. The Balaban J connectivity index is 2.68. The third-order valence-electron chi connectivity index (χ3n) is 8.96. The number of carboxylic acids is 6. The fraction of sp³-hybridized carbons (Fsp3) is 0.579. The van der Waals surface area contributed by atoms with Gasteiger partial charge >= 0.3 is 5.97 Å². The largest absolute Gasteiger partial charge is 0.549 e. The summed E-state index contributed by atoms with van der Waals surface area (Å²) in [4.78, 5) is 108. The van der Waals surface area contributed by atoms with Crippen molar-refractivity contribution >= 4 is 98.0 Å². The Bertz CT molecular complexity index is 1710. The maximum Gasteiger partial charge on any atom is 0.303 e. The van der Waals surface area contributed by atoms with Gasteiger partial charge in [-0.2, -0.15) is 0 Å². The summed E-state index contributed by atoms with van der Waals surface area (Å²) in [5.74, 6) is -9.00. The van der Waals surface area contributed by atoms with Gasteiger partial charge in [0.2, 0.25) is 11.8 Å². The van der Waals surface area contributed by atoms with Crippen molar-refractivity contribution in [2.24, 2.45) is 0 Å². The third-order valence-corrected chi connectivity index (χ3v) is 11.6. The second-order valence-corrected chi connectivity index (χ2v) is 17.2. The van der Waals surface area contributed by atoms with Crippen LogP contribution in [0.25, 0.3) is 0 Å². The Kier molecular flexibility index (Phi) is 28.2. The number of likely N-dealkylation sites (N-methyl/N-ethyl adjacent to an activating group) is 1. The van der Waals surface area contributed by atoms with E-state index in [1.54, 1.807) is 24.3 Å². The number of Topliss-reactive ketones (excluding diaryl/α,β-unsaturated/α-hetero) is 1. The molecule has 64 heavy (non-hydrogen) atoms. The summed E-state index contributed by atoms with van der Waals surface area (Å²) in [5, 5.41) is 80.3. The summed E-state index contributed by atoms with van der Waals surface area (Å²) < 4.78 is 0. The van der Waals surface area contributed by atoms with E-state index in [-0.39, 0.29) is 63.4 Å². The molecule has 0 aliphatic carbocycles. The van der Waals surface area contributed by atoms with Crippen LogP contribution in [0.4, 0.5) is 5.69 Å². The predicted molar refractivity (Wildman–Crippen MR) is 227 cm³/mol. The van der Waals surface area contributed by atoms with Gasteiger partial charge in [-0.3, -0.25) is 33.9 Å². The quantitative estimate of drug-likeness (QED) is 0.0207. The van der Waals surface area contributed by atoms with Gasteiger partial charge in [-0.05, 0) is 63.1 Å². The molecule has 1 aromatic carbocycles. The first kappa shape index (κ1) is 56.9. The average molecular weight is 958 g/mol. The van der Waals surface area contributed by atoms with Crippen molar-refractivity contribution in [2.75, 3.05) is 89.3 Å². The highest BCUT2D eigenvalue weighted by atomic mass is 33.1. The number of anilines is 1. The first-order valence-corrected chi connectivity index (χ1v) is 22.6. The molecule has 1 rings (SSSR count). The van der Waals surface area contributed by atoms with Gasteiger partial charge in [0.05, 0.1) is 41.9 Å². The van der Waals surface area contributed by atoms with E-state index in [0.717, 1.165) is 9.80 Å². The zero-order valence-corrected chi connectivity index (χ0v) is 37.7. The highest BCUT2D eigenvalue weighted by Crippen LogP contribution is 2.19. The standard InChI is InChI=1S/C38H58N8O15S3/c1-24(47)28(43-37(61)29(39-2)8-10-31(49)50)7-9-30(48)40-11-15-63-64-16-12-41-38(62)42-26-5-3-25(4-6-26)17-27(46(22-35(57)58)23-36(59)60)18-44(19-32(51)52)13-14-45(20-33(53)54)21-34(55)56/h3-6,27-29,39H,7-23H2,1-2H3,(H,40,48)(H,43,61)(H,49,50)(H,51,52)(H,53,54)(H,55,56)(H,57,58)(H,59,60)(H2,41,42,62)/p-5. The van der Waals surface area contributed by atoms with E-state index in [1.165, 1.54) is 40.5 Å². The second-order valence-electron chi connectivity index (χ2n) is 14.1. The predicted octanol–water partition coefficient (Wildman–Crippen LogP) is -7.66. The van der Waals surface area contributed by atoms with Crippen molar-refractivity contribution in [2.45, 2.75) is 57.2 Å². The molecule has 3 unspecified atom stereocenters. The van der Waals surface area contributed by atoms with Crippen LogP contribution in [0.5, 0.6) is 0 Å². The van der Waals surface area contributed by atoms with Crippen molar-refractivity contribution in [1.29, 1.82) is 0 Å². The summed E-state index contributed by atoms with van der Waals surface area (Å²) >= 11 is 5.38. The number of hydrogen-bond acceptors (Lipinski definition) is 21. The highest BCUT2D eigenvalue weighted by Gasteiger charge is 2.25. The van der Waals surface area contributed by atoms with Gasteiger partial charge in [-0.15, -0.1) is 0 Å². The molecule has 0 fully saturated rings. The van der Waals surface area contributed by atoms with Crippen LogP contribution in [0.15, 0.2) is 24.3 Å². The third kappa shape index (κ3) is 27.2. The normalized spacial score (nSPS) is 12.5. The fourth-order valence-corrected chi connectivity index (χ4v) is 7.98. The number of nitrogens with one attached hydrogen (secondary N) is 5. The van der Waals surface area contributed by atoms with Gasteiger partial charge < -0.3 is 81.2 Å². The highest BCUT2D eigenvalue weighted by molar-refractivity contribution is 8.76. The van der Waals surface area contributed by atoms with E-state index in [2.05, 4.69) is 26.6 Å². The summed E-state index contributed by atoms with van der Waals surface area (Å²) in [7, 11) is 4.54. The Morgan fingerprint density at radius 1 is 0.703 bits per heavy atom. The minimum absolute atomic E-state index is 0.00749. The zero-order valence-electron chi connectivity index (χ0n) is 35.3. The first-order chi connectivity index (χ1) is 30.2. The van der Waals surface area contributed by atoms with Gasteiger partial charge in [0.15, 0.2) is 10.9 Å². The molecule has 0 aliphatic heterocycles. The summed E-state index contributed by atoms with van der Waals surface area (Å²) in [6.45, 7) is -2.76. The number of aliphatic carboxylic acids is 6. The van der Waals surface area contributed by atoms with E-state index in [4.69, 9.17) is 17.3 Å². The van der Waals surface area contributed by atoms with Crippen LogP contribution in [0.2, 0.25) is 0 Å². The number of carbonyl (C=O) groups is 9. The lowest BCUT2D eigenvalue weighted by Gasteiger charge is -2.37. The zero-order chi connectivity index (χ0) is 48.2. The average Bonchev–Trinajstić information content (AvgIpc) is 3.18. The maximum atomic E-state index is 12.5. The van der Waals surface area contributed by atoms with Crippen LogP contribution in [-0.4, -0.2) is 180 Å². The maximum absolute atomic E-state index is 12.5. The molecule has 0 spiro atoms. The molecule has 0 radical (unpaired) electrons. The molecule has 3 atom stereocenters. The number of carbonyl (C=O) groups excluding carboxylic acids is 8. The van der Waals surface area contributed by atoms with E-state index in [1.807, 2.05) is 0 Å². The molecule has 0 saturated heterocycles. The molecule has 26 heteroatoms. The number of hydrogen-bond donors (Lipinski definition) is 6. The van der Waals surface area contributed by atoms with Crippen LogP contribution in [0, 0.1) is 0 Å². The summed E-state index contributed by atoms with van der Waals surface area (Å²) in [6.07, 6.45) is -0.130. The van der Waals surface area contributed by atoms with Crippen molar-refractivity contribution in [3.8, 4) is 0 Å². The van der Waals surface area contributed by atoms with Crippen molar-refractivity contribution in [3.63, 3.8) is 0 Å². The molecule has 23 nitrogen and oxygen atoms in total. The molecular formula is C38H53N8O15S3-5. The first-order valence-electron chi connectivity index (χ1n) is 19.7.